The Balaban J connectivity index is 2.17. The van der Waals surface area contributed by atoms with Crippen LogP contribution in [0, 0.1) is 0 Å². The molecule has 22 heavy (non-hydrogen) atoms. The second kappa shape index (κ2) is 7.27. The monoisotopic (exact) mass is 301 g/mol. The maximum atomic E-state index is 12.1. The average Bonchev–Trinajstić information content (AvgIpc) is 2.87. The van der Waals surface area contributed by atoms with Gasteiger partial charge in [-0.15, -0.1) is 0 Å². The van der Waals surface area contributed by atoms with Crippen molar-refractivity contribution in [3.63, 3.8) is 0 Å². The van der Waals surface area contributed by atoms with Crippen molar-refractivity contribution in [3.8, 4) is 0 Å². The summed E-state index contributed by atoms with van der Waals surface area (Å²) in [7, 11) is 1.74. The molecule has 0 aliphatic carbocycles. The number of nitrogens with zero attached hydrogens (tertiary/aromatic N) is 1. The molecule has 4 nitrogen and oxygen atoms in total. The van der Waals surface area contributed by atoms with E-state index in [9.17, 15) is 9.90 Å². The molecule has 0 saturated heterocycles. The molecule has 1 N–H and O–H groups in total. The SMILES string of the molecule is CCc1oc2ccccc2c1/C=C/C(=O)N(C)CCC(C)O. The molecule has 1 unspecified atom stereocenters. The van der Waals surface area contributed by atoms with Crippen LogP contribution in [0.25, 0.3) is 17.0 Å². The van der Waals surface area contributed by atoms with Crippen molar-refractivity contribution in [1.82, 2.24) is 4.90 Å². The molecular formula is C18H23NO3. The first-order valence-electron chi connectivity index (χ1n) is 7.64. The van der Waals surface area contributed by atoms with E-state index in [4.69, 9.17) is 4.42 Å². The van der Waals surface area contributed by atoms with Crippen LogP contribution in [-0.4, -0.2) is 35.6 Å². The minimum absolute atomic E-state index is 0.0759. The van der Waals surface area contributed by atoms with Crippen molar-refractivity contribution >= 4 is 23.0 Å². The summed E-state index contributed by atoms with van der Waals surface area (Å²) in [6, 6.07) is 7.83. The van der Waals surface area contributed by atoms with Gasteiger partial charge in [-0.25, -0.2) is 0 Å². The van der Waals surface area contributed by atoms with E-state index < -0.39 is 6.10 Å². The Morgan fingerprint density at radius 1 is 1.41 bits per heavy atom. The van der Waals surface area contributed by atoms with E-state index >= 15 is 0 Å². The van der Waals surface area contributed by atoms with Crippen LogP contribution in [0.3, 0.4) is 0 Å². The highest BCUT2D eigenvalue weighted by atomic mass is 16.3. The highest BCUT2D eigenvalue weighted by Gasteiger charge is 2.11. The third-order valence-corrected chi connectivity index (χ3v) is 3.68. The molecule has 0 bridgehead atoms. The molecule has 0 aliphatic rings. The lowest BCUT2D eigenvalue weighted by atomic mass is 10.1. The summed E-state index contributed by atoms with van der Waals surface area (Å²) >= 11 is 0. The summed E-state index contributed by atoms with van der Waals surface area (Å²) in [6.07, 6.45) is 4.35. The summed E-state index contributed by atoms with van der Waals surface area (Å²) in [5, 5.41) is 10.3. The molecule has 1 atom stereocenters. The molecule has 118 valence electrons. The predicted octanol–water partition coefficient (Wildman–Crippen LogP) is 3.24. The number of hydrogen-bond donors (Lipinski definition) is 1. The minimum atomic E-state index is -0.399. The minimum Gasteiger partial charge on any atom is -0.460 e. The van der Waals surface area contributed by atoms with E-state index in [2.05, 4.69) is 0 Å². The summed E-state index contributed by atoms with van der Waals surface area (Å²) < 4.78 is 5.81. The Morgan fingerprint density at radius 3 is 2.82 bits per heavy atom. The Hall–Kier alpha value is -2.07. The molecule has 0 saturated carbocycles. The van der Waals surface area contributed by atoms with Gasteiger partial charge < -0.3 is 14.4 Å². The molecular weight excluding hydrogens is 278 g/mol. The Bertz CT molecular complexity index is 670. The van der Waals surface area contributed by atoms with Gasteiger partial charge in [0.15, 0.2) is 0 Å². The molecule has 0 aliphatic heterocycles. The van der Waals surface area contributed by atoms with E-state index in [0.717, 1.165) is 28.7 Å². The van der Waals surface area contributed by atoms with Crippen LogP contribution in [-0.2, 0) is 11.2 Å². The van der Waals surface area contributed by atoms with E-state index in [1.807, 2.05) is 37.3 Å². The van der Waals surface area contributed by atoms with Crippen molar-refractivity contribution in [1.29, 1.82) is 0 Å². The number of aliphatic hydroxyl groups is 1. The maximum absolute atomic E-state index is 12.1. The number of benzene rings is 1. The van der Waals surface area contributed by atoms with Gasteiger partial charge in [0.25, 0.3) is 0 Å². The van der Waals surface area contributed by atoms with Crippen molar-refractivity contribution in [2.24, 2.45) is 0 Å². The van der Waals surface area contributed by atoms with Crippen molar-refractivity contribution in [2.75, 3.05) is 13.6 Å². The first-order valence-corrected chi connectivity index (χ1v) is 7.64. The number of aryl methyl sites for hydroxylation is 1. The zero-order valence-electron chi connectivity index (χ0n) is 13.4. The van der Waals surface area contributed by atoms with Crippen LogP contribution in [0.2, 0.25) is 0 Å². The Kier molecular flexibility index (Phi) is 5.39. The topological polar surface area (TPSA) is 53.7 Å². The molecule has 0 radical (unpaired) electrons. The Morgan fingerprint density at radius 2 is 2.14 bits per heavy atom. The normalized spacial score (nSPS) is 12.9. The molecule has 1 amide bonds. The smallest absolute Gasteiger partial charge is 0.246 e. The standard InChI is InChI=1S/C18H23NO3/c1-4-16-15(14-7-5-6-8-17(14)22-16)9-10-18(21)19(3)12-11-13(2)20/h5-10,13,20H,4,11-12H2,1-3H3/b10-9+. The van der Waals surface area contributed by atoms with Crippen LogP contribution < -0.4 is 0 Å². The number of para-hydroxylation sites is 1. The molecule has 0 fully saturated rings. The largest absolute Gasteiger partial charge is 0.460 e. The van der Waals surface area contributed by atoms with Crippen molar-refractivity contribution in [2.45, 2.75) is 32.8 Å². The van der Waals surface area contributed by atoms with Gasteiger partial charge in [0.1, 0.15) is 11.3 Å². The van der Waals surface area contributed by atoms with Crippen molar-refractivity contribution in [3.05, 3.63) is 41.7 Å². The lowest BCUT2D eigenvalue weighted by Crippen LogP contribution is -2.27. The van der Waals surface area contributed by atoms with Gasteiger partial charge in [0.05, 0.1) is 6.10 Å². The number of carbonyl (C=O) groups excluding carboxylic acids is 1. The van der Waals surface area contributed by atoms with E-state index in [0.29, 0.717) is 13.0 Å². The number of aliphatic hydroxyl groups excluding tert-OH is 1. The number of likely N-dealkylation sites (N-methyl/N-ethyl adjacent to an activating group) is 1. The fourth-order valence-electron chi connectivity index (χ4n) is 2.33. The molecule has 1 aromatic carbocycles. The molecule has 1 heterocycles. The molecule has 2 aromatic rings. The number of fused-ring (bicyclic) bond motifs is 1. The molecule has 0 spiro atoms. The van der Waals surface area contributed by atoms with Gasteiger partial charge in [0.2, 0.25) is 5.91 Å². The van der Waals surface area contributed by atoms with E-state index in [1.54, 1.807) is 24.9 Å². The predicted molar refractivity (Wildman–Crippen MR) is 88.6 cm³/mol. The maximum Gasteiger partial charge on any atom is 0.246 e. The van der Waals surface area contributed by atoms with Gasteiger partial charge in [-0.3, -0.25) is 4.79 Å². The first-order chi connectivity index (χ1) is 10.5. The quantitative estimate of drug-likeness (QED) is 0.833. The van der Waals surface area contributed by atoms with Crippen LogP contribution in [0.4, 0.5) is 0 Å². The highest BCUT2D eigenvalue weighted by Crippen LogP contribution is 2.27. The average molecular weight is 301 g/mol. The lowest BCUT2D eigenvalue weighted by Gasteiger charge is -2.15. The third-order valence-electron chi connectivity index (χ3n) is 3.68. The van der Waals surface area contributed by atoms with E-state index in [1.165, 1.54) is 0 Å². The van der Waals surface area contributed by atoms with Gasteiger partial charge in [-0.1, -0.05) is 25.1 Å². The van der Waals surface area contributed by atoms with Gasteiger partial charge >= 0.3 is 0 Å². The van der Waals surface area contributed by atoms with Crippen molar-refractivity contribution < 1.29 is 14.3 Å². The summed E-state index contributed by atoms with van der Waals surface area (Å²) in [5.74, 6) is 0.810. The zero-order chi connectivity index (χ0) is 16.1. The fraction of sp³-hybridized carbons (Fsp3) is 0.389. The second-order valence-electron chi connectivity index (χ2n) is 5.52. The van der Waals surface area contributed by atoms with Gasteiger partial charge in [0, 0.05) is 37.0 Å². The van der Waals surface area contributed by atoms with Gasteiger partial charge in [-0.2, -0.15) is 0 Å². The first kappa shape index (κ1) is 16.3. The third kappa shape index (κ3) is 3.77. The van der Waals surface area contributed by atoms with E-state index in [-0.39, 0.29) is 5.91 Å². The van der Waals surface area contributed by atoms with Gasteiger partial charge in [-0.05, 0) is 25.5 Å². The lowest BCUT2D eigenvalue weighted by molar-refractivity contribution is -0.124. The number of amides is 1. The summed E-state index contributed by atoms with van der Waals surface area (Å²) in [6.45, 7) is 4.29. The highest BCUT2D eigenvalue weighted by molar-refractivity contribution is 5.96. The Labute approximate surface area is 131 Å². The van der Waals surface area contributed by atoms with Crippen LogP contribution in [0.1, 0.15) is 31.6 Å². The fourth-order valence-corrected chi connectivity index (χ4v) is 2.33. The zero-order valence-corrected chi connectivity index (χ0v) is 13.4. The number of hydrogen-bond acceptors (Lipinski definition) is 3. The molecule has 2 rings (SSSR count). The summed E-state index contributed by atoms with van der Waals surface area (Å²) in [4.78, 5) is 13.7. The van der Waals surface area contributed by atoms with Crippen LogP contribution in [0.15, 0.2) is 34.8 Å². The number of carbonyl (C=O) groups is 1. The van der Waals surface area contributed by atoms with Crippen LogP contribution >= 0.6 is 0 Å². The molecule has 1 aromatic heterocycles. The number of furan rings is 1. The number of rotatable bonds is 6. The molecule has 4 heteroatoms. The van der Waals surface area contributed by atoms with Crippen LogP contribution in [0.5, 0.6) is 0 Å². The summed E-state index contributed by atoms with van der Waals surface area (Å²) in [5.41, 5.74) is 1.81. The second-order valence-corrected chi connectivity index (χ2v) is 5.52.